The van der Waals surface area contributed by atoms with E-state index in [0.717, 1.165) is 11.3 Å². The summed E-state index contributed by atoms with van der Waals surface area (Å²) in [6.07, 6.45) is 2.54. The zero-order chi connectivity index (χ0) is 16.1. The Morgan fingerprint density at radius 2 is 2.00 bits per heavy atom. The van der Waals surface area contributed by atoms with E-state index < -0.39 is 0 Å². The van der Waals surface area contributed by atoms with Crippen molar-refractivity contribution in [3.63, 3.8) is 0 Å². The Morgan fingerprint density at radius 1 is 1.17 bits per heavy atom. The van der Waals surface area contributed by atoms with E-state index in [4.69, 9.17) is 11.6 Å². The van der Waals surface area contributed by atoms with Gasteiger partial charge < -0.3 is 5.32 Å². The lowest BCUT2D eigenvalue weighted by Crippen LogP contribution is -2.13. The molecular formula is C16H14ClN5O. The molecule has 2 aromatic carbocycles. The number of carbonyl (C=O) groups excluding carboxylic acids is 1. The van der Waals surface area contributed by atoms with Gasteiger partial charge in [-0.15, -0.1) is 5.10 Å². The van der Waals surface area contributed by atoms with E-state index >= 15 is 0 Å². The van der Waals surface area contributed by atoms with Crippen LogP contribution in [0.2, 0.25) is 5.02 Å². The Kier molecular flexibility index (Phi) is 4.63. The summed E-state index contributed by atoms with van der Waals surface area (Å²) in [5, 5.41) is 14.3. The minimum absolute atomic E-state index is 0.0929. The highest BCUT2D eigenvalue weighted by Crippen LogP contribution is 2.24. The lowest BCUT2D eigenvalue weighted by Gasteiger charge is -2.09. The number of amides is 1. The number of anilines is 1. The third-order valence-corrected chi connectivity index (χ3v) is 3.65. The molecule has 1 heterocycles. The van der Waals surface area contributed by atoms with Gasteiger partial charge in [-0.1, -0.05) is 41.9 Å². The molecule has 23 heavy (non-hydrogen) atoms. The van der Waals surface area contributed by atoms with Gasteiger partial charge in [0.25, 0.3) is 0 Å². The number of halogens is 1. The van der Waals surface area contributed by atoms with Gasteiger partial charge in [-0.25, -0.2) is 4.68 Å². The van der Waals surface area contributed by atoms with Gasteiger partial charge in [0.1, 0.15) is 6.33 Å². The van der Waals surface area contributed by atoms with Gasteiger partial charge in [0.2, 0.25) is 5.91 Å². The van der Waals surface area contributed by atoms with Gasteiger partial charge in [0, 0.05) is 6.42 Å². The summed E-state index contributed by atoms with van der Waals surface area (Å²) in [5.74, 6) is -0.0929. The van der Waals surface area contributed by atoms with Gasteiger partial charge in [0.15, 0.2) is 0 Å². The van der Waals surface area contributed by atoms with E-state index in [9.17, 15) is 4.79 Å². The Bertz CT molecular complexity index is 789. The molecule has 0 radical (unpaired) electrons. The largest absolute Gasteiger partial charge is 0.325 e. The second kappa shape index (κ2) is 7.02. The Balaban J connectivity index is 1.67. The van der Waals surface area contributed by atoms with Gasteiger partial charge in [-0.05, 0) is 40.6 Å². The molecule has 0 spiro atoms. The Morgan fingerprint density at radius 3 is 2.74 bits per heavy atom. The van der Waals surface area contributed by atoms with Gasteiger partial charge in [-0.2, -0.15) is 0 Å². The fraction of sp³-hybridized carbons (Fsp3) is 0.125. The normalized spacial score (nSPS) is 10.5. The van der Waals surface area contributed by atoms with E-state index in [1.165, 1.54) is 11.0 Å². The van der Waals surface area contributed by atoms with Crippen molar-refractivity contribution >= 4 is 23.2 Å². The maximum atomic E-state index is 12.1. The van der Waals surface area contributed by atoms with Crippen LogP contribution in [-0.2, 0) is 11.2 Å². The minimum Gasteiger partial charge on any atom is -0.325 e. The van der Waals surface area contributed by atoms with Crippen molar-refractivity contribution in [3.8, 4) is 5.69 Å². The summed E-state index contributed by atoms with van der Waals surface area (Å²) in [7, 11) is 0. The van der Waals surface area contributed by atoms with Gasteiger partial charge in [0.05, 0.1) is 16.4 Å². The fourth-order valence-corrected chi connectivity index (χ4v) is 2.31. The first kappa shape index (κ1) is 15.2. The van der Waals surface area contributed by atoms with E-state index in [1.807, 2.05) is 30.3 Å². The van der Waals surface area contributed by atoms with Crippen molar-refractivity contribution in [2.24, 2.45) is 0 Å². The van der Waals surface area contributed by atoms with Crippen LogP contribution in [0.25, 0.3) is 5.69 Å². The molecule has 116 valence electrons. The van der Waals surface area contributed by atoms with Crippen LogP contribution in [0.3, 0.4) is 0 Å². The maximum Gasteiger partial charge on any atom is 0.224 e. The van der Waals surface area contributed by atoms with Crippen LogP contribution in [0.15, 0.2) is 54.9 Å². The van der Waals surface area contributed by atoms with Crippen LogP contribution in [0, 0.1) is 0 Å². The highest BCUT2D eigenvalue weighted by molar-refractivity contribution is 6.33. The van der Waals surface area contributed by atoms with Crippen LogP contribution in [0.5, 0.6) is 0 Å². The standard InChI is InChI=1S/C16H14ClN5O/c17-14-8-7-13(22-11-18-20-21-22)10-15(14)19-16(23)9-6-12-4-2-1-3-5-12/h1-5,7-8,10-11H,6,9H2,(H,19,23). The smallest absolute Gasteiger partial charge is 0.224 e. The zero-order valence-electron chi connectivity index (χ0n) is 12.2. The predicted octanol–water partition coefficient (Wildman–Crippen LogP) is 2.89. The van der Waals surface area contributed by atoms with Gasteiger partial charge in [-0.3, -0.25) is 4.79 Å². The van der Waals surface area contributed by atoms with Crippen LogP contribution in [0.1, 0.15) is 12.0 Å². The van der Waals surface area contributed by atoms with Crippen molar-refractivity contribution in [1.29, 1.82) is 0 Å². The van der Waals surface area contributed by atoms with Crippen LogP contribution in [0.4, 0.5) is 5.69 Å². The molecule has 0 aliphatic heterocycles. The highest BCUT2D eigenvalue weighted by Gasteiger charge is 2.08. The third kappa shape index (κ3) is 3.92. The van der Waals surface area contributed by atoms with Crippen molar-refractivity contribution < 1.29 is 4.79 Å². The van der Waals surface area contributed by atoms with E-state index in [0.29, 0.717) is 23.6 Å². The number of nitrogens with zero attached hydrogens (tertiary/aromatic N) is 4. The second-order valence-corrected chi connectivity index (χ2v) is 5.36. The van der Waals surface area contributed by atoms with E-state index in [-0.39, 0.29) is 5.91 Å². The molecule has 3 rings (SSSR count). The van der Waals surface area contributed by atoms with Crippen LogP contribution in [-0.4, -0.2) is 26.1 Å². The van der Waals surface area contributed by atoms with Gasteiger partial charge >= 0.3 is 0 Å². The summed E-state index contributed by atoms with van der Waals surface area (Å²) < 4.78 is 1.50. The van der Waals surface area contributed by atoms with Crippen LogP contribution >= 0.6 is 11.6 Å². The SMILES string of the molecule is O=C(CCc1ccccc1)Nc1cc(-n2cnnn2)ccc1Cl. The number of nitrogens with one attached hydrogen (secondary N) is 1. The molecule has 0 unspecified atom stereocenters. The van der Waals surface area contributed by atoms with E-state index in [1.54, 1.807) is 18.2 Å². The quantitative estimate of drug-likeness (QED) is 0.782. The van der Waals surface area contributed by atoms with E-state index in [2.05, 4.69) is 20.8 Å². The van der Waals surface area contributed by atoms with Crippen molar-refractivity contribution in [1.82, 2.24) is 20.2 Å². The van der Waals surface area contributed by atoms with Crippen molar-refractivity contribution in [2.75, 3.05) is 5.32 Å². The first-order valence-electron chi connectivity index (χ1n) is 7.09. The molecule has 0 atom stereocenters. The molecule has 7 heteroatoms. The topological polar surface area (TPSA) is 72.7 Å². The fourth-order valence-electron chi connectivity index (χ4n) is 2.15. The van der Waals surface area contributed by atoms with Crippen LogP contribution < -0.4 is 5.32 Å². The molecule has 1 amide bonds. The number of aromatic nitrogens is 4. The molecule has 0 aliphatic rings. The Labute approximate surface area is 138 Å². The summed E-state index contributed by atoms with van der Waals surface area (Å²) in [6, 6.07) is 15.1. The molecule has 6 nitrogen and oxygen atoms in total. The molecule has 0 fully saturated rings. The summed E-state index contributed by atoms with van der Waals surface area (Å²) in [6.45, 7) is 0. The average molecular weight is 328 g/mol. The third-order valence-electron chi connectivity index (χ3n) is 3.32. The summed E-state index contributed by atoms with van der Waals surface area (Å²) in [4.78, 5) is 12.1. The number of aryl methyl sites for hydroxylation is 1. The Hall–Kier alpha value is -2.73. The van der Waals surface area contributed by atoms with Crippen molar-refractivity contribution in [2.45, 2.75) is 12.8 Å². The molecule has 1 N–H and O–H groups in total. The van der Waals surface area contributed by atoms with Crippen molar-refractivity contribution in [3.05, 3.63) is 65.4 Å². The monoisotopic (exact) mass is 327 g/mol. The second-order valence-electron chi connectivity index (χ2n) is 4.95. The predicted molar refractivity (Wildman–Crippen MR) is 87.6 cm³/mol. The number of carbonyl (C=O) groups is 1. The number of benzene rings is 2. The summed E-state index contributed by atoms with van der Waals surface area (Å²) >= 11 is 6.14. The molecule has 0 bridgehead atoms. The molecule has 0 saturated heterocycles. The zero-order valence-corrected chi connectivity index (χ0v) is 12.9. The highest BCUT2D eigenvalue weighted by atomic mass is 35.5. The first-order chi connectivity index (χ1) is 11.2. The molecule has 0 saturated carbocycles. The number of tetrazole rings is 1. The average Bonchev–Trinajstić information content (AvgIpc) is 3.10. The molecular weight excluding hydrogens is 314 g/mol. The lowest BCUT2D eigenvalue weighted by molar-refractivity contribution is -0.116. The molecule has 1 aromatic heterocycles. The summed E-state index contributed by atoms with van der Waals surface area (Å²) in [5.41, 5.74) is 2.38. The number of rotatable bonds is 5. The molecule has 3 aromatic rings. The lowest BCUT2D eigenvalue weighted by atomic mass is 10.1. The minimum atomic E-state index is -0.0929. The maximum absolute atomic E-state index is 12.1. The number of hydrogen-bond acceptors (Lipinski definition) is 4. The molecule has 0 aliphatic carbocycles. The number of hydrogen-bond donors (Lipinski definition) is 1. The first-order valence-corrected chi connectivity index (χ1v) is 7.47.